The lowest BCUT2D eigenvalue weighted by atomic mass is 10.2. The molecule has 0 atom stereocenters. The largest absolute Gasteiger partial charge is 0.480 e. The number of anilines is 1. The molecule has 0 saturated carbocycles. The second kappa shape index (κ2) is 6.63. The molecule has 130 valence electrons. The van der Waals surface area contributed by atoms with E-state index >= 15 is 0 Å². The number of rotatable bonds is 6. The molecule has 0 spiro atoms. The third-order valence-corrected chi connectivity index (χ3v) is 3.78. The number of ether oxygens (including phenoxy) is 3. The van der Waals surface area contributed by atoms with Crippen molar-refractivity contribution in [2.75, 3.05) is 26.6 Å². The molecule has 0 radical (unpaired) electrons. The number of methoxy groups -OCH3 is 3. The van der Waals surface area contributed by atoms with Gasteiger partial charge in [-0.15, -0.1) is 0 Å². The van der Waals surface area contributed by atoms with E-state index in [0.717, 1.165) is 16.6 Å². The van der Waals surface area contributed by atoms with Gasteiger partial charge in [0.05, 0.1) is 38.7 Å². The third kappa shape index (κ3) is 2.80. The van der Waals surface area contributed by atoms with Gasteiger partial charge < -0.3 is 24.1 Å². The van der Waals surface area contributed by atoms with Crippen LogP contribution in [0.1, 0.15) is 0 Å². The Morgan fingerprint density at radius 2 is 1.76 bits per heavy atom. The van der Waals surface area contributed by atoms with Gasteiger partial charge in [0.1, 0.15) is 11.4 Å². The van der Waals surface area contributed by atoms with E-state index in [2.05, 4.69) is 20.3 Å². The molecule has 1 amide bonds. The number of carbonyl (C=O) groups is 1. The molecule has 0 fully saturated rings. The fraction of sp³-hybridized carbons (Fsp3) is 0.250. The number of aromatic nitrogens is 4. The summed E-state index contributed by atoms with van der Waals surface area (Å²) >= 11 is 0. The minimum Gasteiger partial charge on any atom is -0.480 e. The number of amides is 1. The molecule has 3 rings (SSSR count). The highest BCUT2D eigenvalue weighted by Gasteiger charge is 2.22. The first-order valence-corrected chi connectivity index (χ1v) is 7.33. The fourth-order valence-corrected chi connectivity index (χ4v) is 2.62. The maximum atomic E-state index is 10.6. The summed E-state index contributed by atoms with van der Waals surface area (Å²) in [6, 6.07) is 3.84. The standard InChI is InChI=1S/C16H17N5O4/c1-21-10(5-9-6-12(18-8-22)17-7-11(9)21)13-14(23-2)19-16(25-4)20-15(13)24-3/h5-8H,1-4H3,(H,17,18,22). The SMILES string of the molecule is COc1nc(OC)c(-c2cc3cc(NC=O)ncc3n2C)c(OC)n1. The first-order chi connectivity index (χ1) is 12.1. The normalized spacial score (nSPS) is 10.6. The van der Waals surface area contributed by atoms with Crippen LogP contribution in [0.2, 0.25) is 0 Å². The lowest BCUT2D eigenvalue weighted by molar-refractivity contribution is -0.105. The maximum Gasteiger partial charge on any atom is 0.322 e. The van der Waals surface area contributed by atoms with Crippen LogP contribution >= 0.6 is 0 Å². The van der Waals surface area contributed by atoms with Crippen LogP contribution in [0.4, 0.5) is 5.82 Å². The van der Waals surface area contributed by atoms with Crippen molar-refractivity contribution in [3.05, 3.63) is 18.3 Å². The van der Waals surface area contributed by atoms with Crippen LogP contribution < -0.4 is 19.5 Å². The minimum absolute atomic E-state index is 0.148. The first-order valence-electron chi connectivity index (χ1n) is 7.33. The van der Waals surface area contributed by atoms with E-state index in [-0.39, 0.29) is 6.01 Å². The predicted octanol–water partition coefficient (Wildman–Crippen LogP) is 1.62. The molecule has 0 aromatic carbocycles. The number of aryl methyl sites for hydroxylation is 1. The topological polar surface area (TPSA) is 100 Å². The highest BCUT2D eigenvalue weighted by Crippen LogP contribution is 2.39. The first kappa shape index (κ1) is 16.5. The average molecular weight is 343 g/mol. The molecule has 0 unspecified atom stereocenters. The van der Waals surface area contributed by atoms with Gasteiger partial charge in [0.25, 0.3) is 0 Å². The number of fused-ring (bicyclic) bond motifs is 1. The zero-order chi connectivity index (χ0) is 18.0. The molecule has 9 nitrogen and oxygen atoms in total. The Bertz CT molecular complexity index is 913. The molecular weight excluding hydrogens is 326 g/mol. The number of hydrogen-bond donors (Lipinski definition) is 1. The van der Waals surface area contributed by atoms with Crippen molar-refractivity contribution in [2.45, 2.75) is 0 Å². The molecule has 3 aromatic rings. The Morgan fingerprint density at radius 1 is 1.08 bits per heavy atom. The Balaban J connectivity index is 2.25. The average Bonchev–Trinajstić information content (AvgIpc) is 2.96. The van der Waals surface area contributed by atoms with Crippen LogP contribution in [0.3, 0.4) is 0 Å². The third-order valence-electron chi connectivity index (χ3n) is 3.78. The van der Waals surface area contributed by atoms with Crippen LogP contribution in [0, 0.1) is 0 Å². The molecule has 0 aliphatic carbocycles. The quantitative estimate of drug-likeness (QED) is 0.679. The molecule has 0 bridgehead atoms. The summed E-state index contributed by atoms with van der Waals surface area (Å²) in [6.45, 7) is 0. The summed E-state index contributed by atoms with van der Waals surface area (Å²) in [5.74, 6) is 1.12. The molecular formula is C16H17N5O4. The Hall–Kier alpha value is -3.36. The van der Waals surface area contributed by atoms with Crippen molar-refractivity contribution in [1.82, 2.24) is 19.5 Å². The lowest BCUT2D eigenvalue weighted by Crippen LogP contribution is -2.03. The minimum atomic E-state index is 0.148. The van der Waals surface area contributed by atoms with Crippen molar-refractivity contribution in [3.63, 3.8) is 0 Å². The number of pyridine rings is 1. The van der Waals surface area contributed by atoms with Gasteiger partial charge in [-0.2, -0.15) is 9.97 Å². The van der Waals surface area contributed by atoms with Crippen molar-refractivity contribution >= 4 is 23.1 Å². The van der Waals surface area contributed by atoms with Gasteiger partial charge in [0.15, 0.2) is 0 Å². The zero-order valence-electron chi connectivity index (χ0n) is 14.2. The molecule has 3 heterocycles. The summed E-state index contributed by atoms with van der Waals surface area (Å²) in [5, 5.41) is 3.42. The summed E-state index contributed by atoms with van der Waals surface area (Å²) in [7, 11) is 6.38. The van der Waals surface area contributed by atoms with Gasteiger partial charge in [0.2, 0.25) is 18.2 Å². The molecule has 1 N–H and O–H groups in total. The van der Waals surface area contributed by atoms with E-state index in [1.807, 2.05) is 17.7 Å². The van der Waals surface area contributed by atoms with Gasteiger partial charge in [0, 0.05) is 12.4 Å². The van der Waals surface area contributed by atoms with Crippen LogP contribution in [0.15, 0.2) is 18.3 Å². The van der Waals surface area contributed by atoms with E-state index in [1.165, 1.54) is 21.3 Å². The van der Waals surface area contributed by atoms with Crippen molar-refractivity contribution in [3.8, 4) is 29.0 Å². The van der Waals surface area contributed by atoms with Gasteiger partial charge in [-0.3, -0.25) is 4.79 Å². The van der Waals surface area contributed by atoms with Gasteiger partial charge in [-0.25, -0.2) is 4.98 Å². The second-order valence-corrected chi connectivity index (χ2v) is 5.08. The molecule has 9 heteroatoms. The van der Waals surface area contributed by atoms with Crippen molar-refractivity contribution in [1.29, 1.82) is 0 Å². The Kier molecular flexibility index (Phi) is 4.38. The summed E-state index contributed by atoms with van der Waals surface area (Å²) in [5.41, 5.74) is 2.23. The molecule has 0 aliphatic rings. The van der Waals surface area contributed by atoms with Gasteiger partial charge >= 0.3 is 6.01 Å². The van der Waals surface area contributed by atoms with E-state index in [4.69, 9.17) is 14.2 Å². The van der Waals surface area contributed by atoms with Crippen molar-refractivity contribution < 1.29 is 19.0 Å². The van der Waals surface area contributed by atoms with E-state index in [9.17, 15) is 4.79 Å². The Labute approximate surface area is 143 Å². The van der Waals surface area contributed by atoms with Gasteiger partial charge in [-0.1, -0.05) is 0 Å². The van der Waals surface area contributed by atoms with Crippen LogP contribution in [-0.4, -0.2) is 47.3 Å². The van der Waals surface area contributed by atoms with E-state index in [0.29, 0.717) is 29.6 Å². The van der Waals surface area contributed by atoms with Crippen LogP contribution in [0.5, 0.6) is 17.8 Å². The van der Waals surface area contributed by atoms with Gasteiger partial charge in [-0.05, 0) is 12.1 Å². The second-order valence-electron chi connectivity index (χ2n) is 5.08. The monoisotopic (exact) mass is 343 g/mol. The molecule has 25 heavy (non-hydrogen) atoms. The highest BCUT2D eigenvalue weighted by atomic mass is 16.5. The van der Waals surface area contributed by atoms with Crippen LogP contribution in [-0.2, 0) is 11.8 Å². The molecule has 3 aromatic heterocycles. The van der Waals surface area contributed by atoms with Crippen molar-refractivity contribution in [2.24, 2.45) is 7.05 Å². The predicted molar refractivity (Wildman–Crippen MR) is 91.1 cm³/mol. The van der Waals surface area contributed by atoms with Crippen LogP contribution in [0.25, 0.3) is 22.2 Å². The fourth-order valence-electron chi connectivity index (χ4n) is 2.62. The summed E-state index contributed by atoms with van der Waals surface area (Å²) in [4.78, 5) is 23.3. The number of hydrogen-bond acceptors (Lipinski definition) is 7. The summed E-state index contributed by atoms with van der Waals surface area (Å²) < 4.78 is 17.8. The van der Waals surface area contributed by atoms with E-state index in [1.54, 1.807) is 12.3 Å². The zero-order valence-corrected chi connectivity index (χ0v) is 14.2. The number of nitrogens with zero attached hydrogens (tertiary/aromatic N) is 4. The summed E-state index contributed by atoms with van der Waals surface area (Å²) in [6.07, 6.45) is 2.26. The molecule has 0 saturated heterocycles. The Morgan fingerprint density at radius 3 is 2.32 bits per heavy atom. The number of nitrogens with one attached hydrogen (secondary N) is 1. The maximum absolute atomic E-state index is 10.6. The van der Waals surface area contributed by atoms with E-state index < -0.39 is 0 Å². The smallest absolute Gasteiger partial charge is 0.322 e. The lowest BCUT2D eigenvalue weighted by Gasteiger charge is -2.13. The number of carbonyl (C=O) groups excluding carboxylic acids is 1. The molecule has 0 aliphatic heterocycles. The highest BCUT2D eigenvalue weighted by molar-refractivity contribution is 5.90.